The van der Waals surface area contributed by atoms with E-state index in [9.17, 15) is 4.79 Å². The molecular weight excluding hydrogens is 268 g/mol. The first-order valence-corrected chi connectivity index (χ1v) is 8.55. The van der Waals surface area contributed by atoms with Crippen LogP contribution in [0.1, 0.15) is 25.7 Å². The second-order valence-corrected chi connectivity index (χ2v) is 7.37. The third kappa shape index (κ3) is 3.09. The molecule has 0 aliphatic carbocycles. The molecule has 0 aromatic rings. The first kappa shape index (κ1) is 14.7. The second kappa shape index (κ2) is 5.03. The molecule has 110 valence electrons. The second-order valence-electron chi connectivity index (χ2n) is 5.97. The summed E-state index contributed by atoms with van der Waals surface area (Å²) in [5, 5.41) is 0. The molecule has 3 aliphatic heterocycles. The lowest BCUT2D eigenvalue weighted by atomic mass is 10.0. The van der Waals surface area contributed by atoms with Crippen LogP contribution in [0.5, 0.6) is 0 Å². The van der Waals surface area contributed by atoms with Gasteiger partial charge in [0.05, 0.1) is 35.3 Å². The number of quaternary nitrogens is 1. The van der Waals surface area contributed by atoms with E-state index in [1.807, 2.05) is 11.9 Å². The molecule has 0 atom stereocenters. The minimum Gasteiger partial charge on any atom is -0.748 e. The molecule has 3 saturated heterocycles. The van der Waals surface area contributed by atoms with E-state index < -0.39 is 10.1 Å². The Labute approximate surface area is 114 Å². The Balaban J connectivity index is 0.000000232. The smallest absolute Gasteiger partial charge is 0.277 e. The third-order valence-electron chi connectivity index (χ3n) is 4.83. The fourth-order valence-corrected chi connectivity index (χ4v) is 3.92. The monoisotopic (exact) mass is 290 g/mol. The number of amides is 1. The van der Waals surface area contributed by atoms with Crippen molar-refractivity contribution in [3.8, 4) is 0 Å². The molecule has 3 heterocycles. The van der Waals surface area contributed by atoms with Crippen molar-refractivity contribution in [3.63, 3.8) is 0 Å². The van der Waals surface area contributed by atoms with Gasteiger partial charge in [0.2, 0.25) is 0 Å². The number of hydrogen-bond acceptors (Lipinski definition) is 4. The third-order valence-corrected chi connectivity index (χ3v) is 4.83. The fourth-order valence-electron chi connectivity index (χ4n) is 3.92. The van der Waals surface area contributed by atoms with E-state index in [0.29, 0.717) is 12.2 Å². The van der Waals surface area contributed by atoms with Crippen molar-refractivity contribution in [2.24, 2.45) is 0 Å². The van der Waals surface area contributed by atoms with Gasteiger partial charge in [-0.1, -0.05) is 0 Å². The molecule has 1 spiro atoms. The topological polar surface area (TPSA) is 77.5 Å². The van der Waals surface area contributed by atoms with E-state index in [-0.39, 0.29) is 0 Å². The van der Waals surface area contributed by atoms with Crippen LogP contribution in [0, 0.1) is 0 Å². The van der Waals surface area contributed by atoms with Crippen LogP contribution in [-0.2, 0) is 14.9 Å². The van der Waals surface area contributed by atoms with Crippen LogP contribution in [0.25, 0.3) is 0 Å². The van der Waals surface area contributed by atoms with Crippen LogP contribution in [0.2, 0.25) is 0 Å². The number of likely N-dealkylation sites (N-methyl/N-ethyl adjacent to an activating group) is 1. The molecule has 0 radical (unpaired) electrons. The maximum Gasteiger partial charge on any atom is 0.277 e. The summed E-state index contributed by atoms with van der Waals surface area (Å²) in [7, 11) is -1.98. The summed E-state index contributed by atoms with van der Waals surface area (Å²) in [4.78, 5) is 13.7. The standard InChI is InChI=1S/C11H19N2O.CH4O3S/c1-12-6-7-13(8-11(12)14)9-2-3-10(13)5-4-9;1-5(2,3)4/h9-10H,2-8H2,1H3;1H3,(H,2,3,4)/q+1;/p-1. The molecule has 3 rings (SSSR count). The molecule has 1 amide bonds. The molecule has 7 heteroatoms. The van der Waals surface area contributed by atoms with Gasteiger partial charge in [0.25, 0.3) is 5.91 Å². The van der Waals surface area contributed by atoms with Crippen LogP contribution < -0.4 is 0 Å². The van der Waals surface area contributed by atoms with E-state index in [4.69, 9.17) is 13.0 Å². The Morgan fingerprint density at radius 3 is 2.00 bits per heavy atom. The van der Waals surface area contributed by atoms with Crippen molar-refractivity contribution in [1.29, 1.82) is 0 Å². The molecule has 0 saturated carbocycles. The lowest BCUT2D eigenvalue weighted by molar-refractivity contribution is -0.944. The van der Waals surface area contributed by atoms with Gasteiger partial charge in [-0.05, 0) is 0 Å². The minimum atomic E-state index is -3.92. The van der Waals surface area contributed by atoms with Gasteiger partial charge in [0, 0.05) is 39.0 Å². The van der Waals surface area contributed by atoms with Crippen molar-refractivity contribution in [3.05, 3.63) is 0 Å². The van der Waals surface area contributed by atoms with E-state index in [1.54, 1.807) is 0 Å². The van der Waals surface area contributed by atoms with Gasteiger partial charge >= 0.3 is 0 Å². The Hall–Kier alpha value is -0.660. The number of carbonyl (C=O) groups is 1. The van der Waals surface area contributed by atoms with Crippen molar-refractivity contribution in [1.82, 2.24) is 4.90 Å². The normalized spacial score (nSPS) is 37.4. The maximum atomic E-state index is 11.8. The molecule has 2 bridgehead atoms. The maximum absolute atomic E-state index is 11.8. The highest BCUT2D eigenvalue weighted by Gasteiger charge is 2.56. The molecule has 19 heavy (non-hydrogen) atoms. The molecule has 0 aromatic carbocycles. The average molecular weight is 290 g/mol. The van der Waals surface area contributed by atoms with E-state index in [0.717, 1.165) is 25.2 Å². The Morgan fingerprint density at radius 1 is 1.21 bits per heavy atom. The van der Waals surface area contributed by atoms with Gasteiger partial charge < -0.3 is 13.9 Å². The van der Waals surface area contributed by atoms with Gasteiger partial charge in [0.1, 0.15) is 0 Å². The van der Waals surface area contributed by atoms with Crippen LogP contribution in [0.4, 0.5) is 0 Å². The lowest BCUT2D eigenvalue weighted by Crippen LogP contribution is -2.63. The zero-order valence-corrected chi connectivity index (χ0v) is 12.4. The van der Waals surface area contributed by atoms with Crippen molar-refractivity contribution in [2.75, 3.05) is 32.9 Å². The van der Waals surface area contributed by atoms with Gasteiger partial charge in [-0.25, -0.2) is 8.42 Å². The van der Waals surface area contributed by atoms with Crippen LogP contribution in [0.15, 0.2) is 0 Å². The van der Waals surface area contributed by atoms with Crippen molar-refractivity contribution in [2.45, 2.75) is 37.8 Å². The van der Waals surface area contributed by atoms with Crippen LogP contribution in [0.3, 0.4) is 0 Å². The Kier molecular flexibility index (Phi) is 3.90. The van der Waals surface area contributed by atoms with Crippen molar-refractivity contribution < 1.29 is 22.2 Å². The number of piperazine rings is 1. The molecule has 0 aromatic heterocycles. The highest BCUT2D eigenvalue weighted by molar-refractivity contribution is 7.84. The number of carbonyl (C=O) groups excluding carboxylic acids is 1. The summed E-state index contributed by atoms with van der Waals surface area (Å²) in [6.45, 7) is 3.00. The van der Waals surface area contributed by atoms with Crippen molar-refractivity contribution >= 4 is 16.0 Å². The van der Waals surface area contributed by atoms with E-state index >= 15 is 0 Å². The molecule has 3 aliphatic rings. The zero-order valence-electron chi connectivity index (χ0n) is 11.5. The number of nitrogens with zero attached hydrogens (tertiary/aromatic N) is 2. The Morgan fingerprint density at radius 2 is 1.63 bits per heavy atom. The van der Waals surface area contributed by atoms with Crippen LogP contribution in [-0.4, -0.2) is 73.3 Å². The lowest BCUT2D eigenvalue weighted by Gasteiger charge is -2.44. The highest BCUT2D eigenvalue weighted by atomic mass is 32.2. The molecule has 6 nitrogen and oxygen atoms in total. The molecule has 3 fully saturated rings. The predicted octanol–water partition coefficient (Wildman–Crippen LogP) is -0.239. The summed E-state index contributed by atoms with van der Waals surface area (Å²) in [6, 6.07) is 1.66. The summed E-state index contributed by atoms with van der Waals surface area (Å²) in [5.41, 5.74) is 0. The number of rotatable bonds is 0. The number of hydrogen-bond donors (Lipinski definition) is 0. The Bertz CT molecular complexity index is 434. The zero-order chi connectivity index (χ0) is 14.3. The first-order chi connectivity index (χ1) is 8.72. The van der Waals surface area contributed by atoms with Gasteiger partial charge in [-0.15, -0.1) is 0 Å². The van der Waals surface area contributed by atoms with Gasteiger partial charge in [-0.3, -0.25) is 4.79 Å². The summed E-state index contributed by atoms with van der Waals surface area (Å²) in [5.74, 6) is 0.370. The highest BCUT2D eigenvalue weighted by Crippen LogP contribution is 2.45. The summed E-state index contributed by atoms with van der Waals surface area (Å²) >= 11 is 0. The van der Waals surface area contributed by atoms with E-state index in [2.05, 4.69) is 0 Å². The van der Waals surface area contributed by atoms with Crippen LogP contribution >= 0.6 is 0 Å². The predicted molar refractivity (Wildman–Crippen MR) is 69.3 cm³/mol. The largest absolute Gasteiger partial charge is 0.748 e. The fraction of sp³-hybridized carbons (Fsp3) is 0.917. The summed E-state index contributed by atoms with van der Waals surface area (Å²) < 4.78 is 28.4. The SMILES string of the molecule is CN1CC[N+]2(CC1=O)C1CCC2CC1.CS(=O)(=O)[O-]. The molecule has 0 unspecified atom stereocenters. The summed E-state index contributed by atoms with van der Waals surface area (Å²) in [6.07, 6.45) is 6.11. The minimum absolute atomic E-state index is 0.370. The van der Waals surface area contributed by atoms with E-state index in [1.165, 1.54) is 36.7 Å². The molecular formula is C12H22N2O4S. The molecule has 0 N–H and O–H groups in total. The van der Waals surface area contributed by atoms with Gasteiger partial charge in [0.15, 0.2) is 6.54 Å². The van der Waals surface area contributed by atoms with Gasteiger partial charge in [-0.2, -0.15) is 0 Å². The quantitative estimate of drug-likeness (QED) is 0.456. The first-order valence-electron chi connectivity index (χ1n) is 6.73. The average Bonchev–Trinajstić information content (AvgIpc) is 2.77.